The van der Waals surface area contributed by atoms with Gasteiger partial charge in [-0.3, -0.25) is 0 Å². The van der Waals surface area contributed by atoms with E-state index in [-0.39, 0.29) is 10.6 Å². The minimum absolute atomic E-state index is 0.0457. The average Bonchev–Trinajstić information content (AvgIpc) is 3.26. The third-order valence-corrected chi connectivity index (χ3v) is 8.29. The Balaban J connectivity index is 1.30. The van der Waals surface area contributed by atoms with E-state index in [4.69, 9.17) is 4.74 Å². The first-order valence-corrected chi connectivity index (χ1v) is 11.7. The third kappa shape index (κ3) is 4.90. The summed E-state index contributed by atoms with van der Waals surface area (Å²) >= 11 is 0. The van der Waals surface area contributed by atoms with Crippen molar-refractivity contribution in [1.82, 2.24) is 9.62 Å². The van der Waals surface area contributed by atoms with Gasteiger partial charge in [-0.2, -0.15) is 13.1 Å². The lowest BCUT2D eigenvalue weighted by atomic mass is 10.00. The minimum atomic E-state index is -3.62. The van der Waals surface area contributed by atoms with Crippen LogP contribution in [0.4, 0.5) is 8.78 Å². The van der Waals surface area contributed by atoms with Crippen LogP contribution in [0.1, 0.15) is 25.7 Å². The number of nitrogens with one attached hydrogen (secondary N) is 1. The molecule has 9 heteroatoms. The maximum Gasteiger partial charge on any atom is 0.387 e. The molecule has 3 aliphatic rings. The van der Waals surface area contributed by atoms with Gasteiger partial charge in [0.1, 0.15) is 5.75 Å². The minimum Gasteiger partial charge on any atom is -0.435 e. The summed E-state index contributed by atoms with van der Waals surface area (Å²) in [5, 5.41) is 3.69. The lowest BCUT2D eigenvalue weighted by Gasteiger charge is -2.25. The fourth-order valence-corrected chi connectivity index (χ4v) is 6.40. The van der Waals surface area contributed by atoms with Gasteiger partial charge in [0, 0.05) is 32.3 Å². The number of benzene rings is 1. The highest BCUT2D eigenvalue weighted by Crippen LogP contribution is 2.40. The van der Waals surface area contributed by atoms with Crippen molar-refractivity contribution in [2.45, 2.75) is 43.2 Å². The molecule has 29 heavy (non-hydrogen) atoms. The van der Waals surface area contributed by atoms with Crippen molar-refractivity contribution in [1.29, 1.82) is 0 Å². The molecule has 1 aromatic rings. The third-order valence-electron chi connectivity index (χ3n) is 6.44. The SMILES string of the molecule is O=S(=O)(c1ccc(OC(F)F)cc1)N1C[C@H]2C[C@@H](NCC3CCOCC3)C[C@H]2C1. The number of fused-ring (bicyclic) bond motifs is 1. The molecule has 1 N–H and O–H groups in total. The largest absolute Gasteiger partial charge is 0.435 e. The van der Waals surface area contributed by atoms with E-state index in [2.05, 4.69) is 10.1 Å². The van der Waals surface area contributed by atoms with Crippen LogP contribution in [0.3, 0.4) is 0 Å². The van der Waals surface area contributed by atoms with E-state index in [1.165, 1.54) is 24.3 Å². The second kappa shape index (κ2) is 8.83. The van der Waals surface area contributed by atoms with Crippen LogP contribution in [-0.4, -0.2) is 58.2 Å². The lowest BCUT2D eigenvalue weighted by molar-refractivity contribution is -0.0498. The first kappa shape index (κ1) is 21.0. The summed E-state index contributed by atoms with van der Waals surface area (Å²) in [4.78, 5) is 0.119. The highest BCUT2D eigenvalue weighted by molar-refractivity contribution is 7.89. The van der Waals surface area contributed by atoms with Crippen molar-refractivity contribution in [3.63, 3.8) is 0 Å². The number of hydrogen-bond acceptors (Lipinski definition) is 5. The molecule has 162 valence electrons. The molecule has 2 saturated heterocycles. The molecule has 4 rings (SSSR count). The monoisotopic (exact) mass is 430 g/mol. The summed E-state index contributed by atoms with van der Waals surface area (Å²) in [7, 11) is -3.62. The fraction of sp³-hybridized carbons (Fsp3) is 0.700. The molecular weight excluding hydrogens is 402 g/mol. The predicted molar refractivity (Wildman–Crippen MR) is 103 cm³/mol. The maximum atomic E-state index is 12.9. The molecule has 0 aromatic heterocycles. The normalized spacial score (nSPS) is 28.7. The first-order valence-electron chi connectivity index (χ1n) is 10.3. The number of halogens is 2. The molecule has 0 bridgehead atoms. The van der Waals surface area contributed by atoms with Gasteiger partial charge < -0.3 is 14.8 Å². The van der Waals surface area contributed by atoms with Gasteiger partial charge in [0.15, 0.2) is 0 Å². The smallest absolute Gasteiger partial charge is 0.387 e. The van der Waals surface area contributed by atoms with Crippen LogP contribution < -0.4 is 10.1 Å². The van der Waals surface area contributed by atoms with Crippen LogP contribution in [0.5, 0.6) is 5.75 Å². The Kier molecular flexibility index (Phi) is 6.38. The summed E-state index contributed by atoms with van der Waals surface area (Å²) in [5.41, 5.74) is 0. The Hall–Kier alpha value is -1.29. The van der Waals surface area contributed by atoms with Gasteiger partial charge in [-0.05, 0) is 74.2 Å². The fourth-order valence-electron chi connectivity index (χ4n) is 4.85. The molecule has 2 aliphatic heterocycles. The molecule has 0 spiro atoms. The Morgan fingerprint density at radius 3 is 2.31 bits per heavy atom. The van der Waals surface area contributed by atoms with Crippen molar-refractivity contribution in [2.24, 2.45) is 17.8 Å². The Morgan fingerprint density at radius 1 is 1.10 bits per heavy atom. The molecule has 0 amide bonds. The van der Waals surface area contributed by atoms with Gasteiger partial charge >= 0.3 is 6.61 Å². The van der Waals surface area contributed by atoms with E-state index in [1.807, 2.05) is 0 Å². The number of ether oxygens (including phenoxy) is 2. The van der Waals surface area contributed by atoms with Crippen molar-refractivity contribution >= 4 is 10.0 Å². The summed E-state index contributed by atoms with van der Waals surface area (Å²) in [6.45, 7) is 0.843. The number of hydrogen-bond donors (Lipinski definition) is 1. The first-order chi connectivity index (χ1) is 13.9. The van der Waals surface area contributed by atoms with Crippen molar-refractivity contribution in [2.75, 3.05) is 32.8 Å². The van der Waals surface area contributed by atoms with Gasteiger partial charge in [-0.1, -0.05) is 0 Å². The standard InChI is InChI=1S/C20H28F2N2O4S/c21-20(22)28-18-1-3-19(4-2-18)29(25,26)24-12-15-9-17(10-16(15)13-24)23-11-14-5-7-27-8-6-14/h1-4,14-17,20,23H,5-13H2/t15-,16+,17-. The van der Waals surface area contributed by atoms with Crippen LogP contribution in [0.2, 0.25) is 0 Å². The molecule has 6 nitrogen and oxygen atoms in total. The van der Waals surface area contributed by atoms with E-state index in [9.17, 15) is 17.2 Å². The van der Waals surface area contributed by atoms with Crippen LogP contribution in [0, 0.1) is 17.8 Å². The van der Waals surface area contributed by atoms with Crippen molar-refractivity contribution in [3.05, 3.63) is 24.3 Å². The molecule has 1 aliphatic carbocycles. The van der Waals surface area contributed by atoms with Crippen LogP contribution >= 0.6 is 0 Å². The van der Waals surface area contributed by atoms with Gasteiger partial charge in [0.25, 0.3) is 0 Å². The predicted octanol–water partition coefficient (Wildman–Crippen LogP) is 2.70. The zero-order chi connectivity index (χ0) is 20.4. The molecule has 0 radical (unpaired) electrons. The van der Waals surface area contributed by atoms with Gasteiger partial charge in [0.05, 0.1) is 4.90 Å². The zero-order valence-corrected chi connectivity index (χ0v) is 17.1. The van der Waals surface area contributed by atoms with Gasteiger partial charge in [-0.15, -0.1) is 0 Å². The number of alkyl halides is 2. The molecule has 1 saturated carbocycles. The topological polar surface area (TPSA) is 67.9 Å². The summed E-state index contributed by atoms with van der Waals surface area (Å²) in [6.07, 6.45) is 4.22. The average molecular weight is 431 g/mol. The van der Waals surface area contributed by atoms with E-state index in [0.717, 1.165) is 45.4 Å². The van der Waals surface area contributed by atoms with Gasteiger partial charge in [0.2, 0.25) is 10.0 Å². The highest BCUT2D eigenvalue weighted by Gasteiger charge is 2.44. The molecule has 3 fully saturated rings. The second-order valence-corrected chi connectivity index (χ2v) is 10.3. The quantitative estimate of drug-likeness (QED) is 0.721. The molecule has 2 heterocycles. The van der Waals surface area contributed by atoms with E-state index < -0.39 is 16.6 Å². The number of nitrogens with zero attached hydrogens (tertiary/aromatic N) is 1. The van der Waals surface area contributed by atoms with E-state index in [0.29, 0.717) is 36.9 Å². The Morgan fingerprint density at radius 2 is 1.72 bits per heavy atom. The number of rotatable bonds is 7. The van der Waals surface area contributed by atoms with Crippen molar-refractivity contribution < 1.29 is 26.7 Å². The molecule has 3 atom stereocenters. The Bertz CT molecular complexity index is 770. The summed E-state index contributed by atoms with van der Waals surface area (Å²) < 4.78 is 61.6. The summed E-state index contributed by atoms with van der Waals surface area (Å²) in [5.74, 6) is 1.38. The van der Waals surface area contributed by atoms with Crippen LogP contribution in [0.15, 0.2) is 29.2 Å². The maximum absolute atomic E-state index is 12.9. The van der Waals surface area contributed by atoms with E-state index >= 15 is 0 Å². The highest BCUT2D eigenvalue weighted by atomic mass is 32.2. The van der Waals surface area contributed by atoms with Crippen LogP contribution in [-0.2, 0) is 14.8 Å². The second-order valence-electron chi connectivity index (χ2n) is 8.32. The zero-order valence-electron chi connectivity index (χ0n) is 16.3. The van der Waals surface area contributed by atoms with Crippen LogP contribution in [0.25, 0.3) is 0 Å². The van der Waals surface area contributed by atoms with E-state index in [1.54, 1.807) is 4.31 Å². The van der Waals surface area contributed by atoms with Gasteiger partial charge in [-0.25, -0.2) is 8.42 Å². The molecule has 0 unspecified atom stereocenters. The molecular formula is C20H28F2N2O4S. The Labute approximate surface area is 170 Å². The lowest BCUT2D eigenvalue weighted by Crippen LogP contribution is -2.36. The molecule has 1 aromatic carbocycles. The number of sulfonamides is 1. The van der Waals surface area contributed by atoms with Crippen molar-refractivity contribution in [3.8, 4) is 5.75 Å². The summed E-state index contributed by atoms with van der Waals surface area (Å²) in [6, 6.07) is 5.67.